The molecule has 0 saturated heterocycles. The van der Waals surface area contributed by atoms with Crippen molar-refractivity contribution in [1.82, 2.24) is 15.2 Å². The molecule has 0 saturated carbocycles. The molecular formula is C36H55BFN4O. The van der Waals surface area contributed by atoms with Gasteiger partial charge in [0.2, 0.25) is 0 Å². The third kappa shape index (κ3) is 17.9. The summed E-state index contributed by atoms with van der Waals surface area (Å²) in [5, 5.41) is 10.9. The summed E-state index contributed by atoms with van der Waals surface area (Å²) in [5.74, 6) is 1.28. The zero-order chi connectivity index (χ0) is 33.2. The van der Waals surface area contributed by atoms with Gasteiger partial charge in [-0.1, -0.05) is 47.3 Å². The van der Waals surface area contributed by atoms with E-state index in [1.54, 1.807) is 32.4 Å². The van der Waals surface area contributed by atoms with Crippen LogP contribution in [0.15, 0.2) is 84.4 Å². The molecule has 2 N–H and O–H groups in total. The molecule has 0 amide bonds. The van der Waals surface area contributed by atoms with E-state index >= 15 is 0 Å². The Morgan fingerprint density at radius 1 is 1.09 bits per heavy atom. The number of halogens is 1. The van der Waals surface area contributed by atoms with E-state index in [-0.39, 0.29) is 12.4 Å². The van der Waals surface area contributed by atoms with E-state index in [1.165, 1.54) is 16.7 Å². The van der Waals surface area contributed by atoms with Crippen LogP contribution < -0.4 is 5.32 Å². The van der Waals surface area contributed by atoms with Crippen LogP contribution in [0.2, 0.25) is 0 Å². The zero-order valence-electron chi connectivity index (χ0n) is 28.4. The summed E-state index contributed by atoms with van der Waals surface area (Å²) in [7, 11) is 10.6. The summed E-state index contributed by atoms with van der Waals surface area (Å²) in [6.45, 7) is 19.0. The number of aryl methyl sites for hydroxylation is 2. The summed E-state index contributed by atoms with van der Waals surface area (Å²) in [6.07, 6.45) is 11.8. The summed E-state index contributed by atoms with van der Waals surface area (Å²) in [4.78, 5) is 6.23. The second kappa shape index (κ2) is 26.1. The molecule has 1 radical (unpaired) electrons. The van der Waals surface area contributed by atoms with Crippen LogP contribution in [0.3, 0.4) is 0 Å². The molecule has 7 heteroatoms. The van der Waals surface area contributed by atoms with Crippen LogP contribution in [-0.2, 0) is 30.7 Å². The van der Waals surface area contributed by atoms with Gasteiger partial charge in [0, 0.05) is 37.4 Å². The van der Waals surface area contributed by atoms with Crippen molar-refractivity contribution in [3.63, 3.8) is 0 Å². The first kappa shape index (κ1) is 41.6. The first-order valence-corrected chi connectivity index (χ1v) is 15.0. The van der Waals surface area contributed by atoms with Crippen LogP contribution in [0.5, 0.6) is 0 Å². The number of benzene rings is 1. The van der Waals surface area contributed by atoms with E-state index in [0.717, 1.165) is 18.5 Å². The van der Waals surface area contributed by atoms with Crippen molar-refractivity contribution >= 4 is 19.2 Å². The van der Waals surface area contributed by atoms with Crippen molar-refractivity contribution in [2.75, 3.05) is 21.3 Å². The van der Waals surface area contributed by atoms with Crippen LogP contribution in [0.25, 0.3) is 0 Å². The summed E-state index contributed by atoms with van der Waals surface area (Å²) in [5.41, 5.74) is 6.84. The standard InChI is InChI=1S/C16H21BN.C16H22FN3.C2H6O.C2H6/c1-4-15-7-9-16(10-8-15)13-18(3)12-14(2)6-5-11-17;1-5-12-8-9-19-15(16(12)17)10-20-11(4)13(6-2)14(18)7-3;1-3-2;1-2/h5-12H,4,13H2,1-3H3;6,8-9,18,20H,4-5,7,10H2,1-3H3;1-2H3;1-2H3/b6-5-,14-12-;13-6-,18-14?;;. The van der Waals surface area contributed by atoms with Crippen molar-refractivity contribution in [2.45, 2.75) is 80.8 Å². The van der Waals surface area contributed by atoms with Crippen molar-refractivity contribution in [1.29, 1.82) is 5.41 Å². The number of pyridine rings is 1. The van der Waals surface area contributed by atoms with Gasteiger partial charge in [0.25, 0.3) is 0 Å². The van der Waals surface area contributed by atoms with Crippen molar-refractivity contribution in [3.8, 4) is 0 Å². The van der Waals surface area contributed by atoms with E-state index in [0.29, 0.717) is 35.5 Å². The molecule has 0 fully saturated rings. The predicted molar refractivity (Wildman–Crippen MR) is 188 cm³/mol. The molecule has 0 atom stereocenters. The van der Waals surface area contributed by atoms with Crippen LogP contribution in [0, 0.1) is 11.2 Å². The molecule has 0 unspecified atom stereocenters. The molecule has 1 aromatic heterocycles. The predicted octanol–water partition coefficient (Wildman–Crippen LogP) is 8.16. The maximum atomic E-state index is 14.0. The van der Waals surface area contributed by atoms with Gasteiger partial charge in [-0.05, 0) is 31.4 Å². The van der Waals surface area contributed by atoms with Crippen LogP contribution in [-0.4, -0.2) is 50.3 Å². The molecular weight excluding hydrogens is 534 g/mol. The molecule has 0 aliphatic heterocycles. The Bertz CT molecular complexity index is 1170. The summed E-state index contributed by atoms with van der Waals surface area (Å²) < 4.78 is 18.3. The van der Waals surface area contributed by atoms with Gasteiger partial charge in [0.15, 0.2) is 0 Å². The van der Waals surface area contributed by atoms with E-state index in [4.69, 9.17) is 12.9 Å². The number of aromatic nitrogens is 1. The number of nitrogens with one attached hydrogen (secondary N) is 2. The SMILES string of the molecule is C=C(NCc1nccc(CC)c1F)/C(=C/C)C(=N)CC.CC.COC.[B]=C/C=C\C(C)=C/N(C)Cc1ccc(CC)cc1. The van der Waals surface area contributed by atoms with Crippen LogP contribution >= 0.6 is 0 Å². The van der Waals surface area contributed by atoms with Gasteiger partial charge in [-0.15, -0.1) is 0 Å². The Kier molecular flexibility index (Phi) is 25.2. The number of nitrogens with zero attached hydrogens (tertiary/aromatic N) is 2. The second-order valence-corrected chi connectivity index (χ2v) is 9.37. The number of methoxy groups -OCH3 is 1. The Labute approximate surface area is 263 Å². The van der Waals surface area contributed by atoms with Crippen molar-refractivity contribution < 1.29 is 9.13 Å². The number of ether oxygens (including phenoxy) is 1. The molecule has 2 aromatic rings. The van der Waals surface area contributed by atoms with E-state index in [9.17, 15) is 4.39 Å². The van der Waals surface area contributed by atoms with Gasteiger partial charge in [-0.25, -0.2) is 4.39 Å². The van der Waals surface area contributed by atoms with Gasteiger partial charge >= 0.3 is 105 Å². The average Bonchev–Trinajstić information content (AvgIpc) is 3.01. The minimum atomic E-state index is -0.261. The summed E-state index contributed by atoms with van der Waals surface area (Å²) in [6, 6.07) is 10.5. The number of allylic oxidation sites excluding steroid dienone is 5. The maximum absolute atomic E-state index is 14.0. The third-order valence-electron chi connectivity index (χ3n) is 5.94. The Balaban J connectivity index is 0. The number of rotatable bonds is 13. The fraction of sp³-hybridized carbons (Fsp3) is 0.417. The van der Waals surface area contributed by atoms with E-state index in [2.05, 4.69) is 77.9 Å². The molecule has 1 aromatic carbocycles. The fourth-order valence-electron chi connectivity index (χ4n) is 3.75. The van der Waals surface area contributed by atoms with Gasteiger partial charge in [0.05, 0.1) is 12.2 Å². The van der Waals surface area contributed by atoms with Gasteiger partial charge in [0.1, 0.15) is 5.82 Å². The Morgan fingerprint density at radius 3 is 2.16 bits per heavy atom. The molecule has 0 aliphatic rings. The first-order chi connectivity index (χ1) is 20.6. The monoisotopic (exact) mass is 589 g/mol. The quantitative estimate of drug-likeness (QED) is 0.141. The normalized spacial score (nSPS) is 10.7. The molecule has 0 bridgehead atoms. The molecule has 1 heterocycles. The molecule has 235 valence electrons. The third-order valence-corrected chi connectivity index (χ3v) is 5.94. The summed E-state index contributed by atoms with van der Waals surface area (Å²) >= 11 is 0. The van der Waals surface area contributed by atoms with E-state index < -0.39 is 0 Å². The van der Waals surface area contributed by atoms with Crippen LogP contribution in [0.4, 0.5) is 4.39 Å². The first-order valence-electron chi connectivity index (χ1n) is 15.0. The number of hydrogen-bond donors (Lipinski definition) is 2. The van der Waals surface area contributed by atoms with Crippen molar-refractivity contribution in [3.05, 3.63) is 113 Å². The topological polar surface area (TPSA) is 61.2 Å². The molecule has 2 rings (SSSR count). The molecule has 0 spiro atoms. The fourth-order valence-corrected chi connectivity index (χ4v) is 3.75. The molecule has 5 nitrogen and oxygen atoms in total. The Morgan fingerprint density at radius 2 is 1.67 bits per heavy atom. The van der Waals surface area contributed by atoms with Gasteiger partial charge in [-0.2, -0.15) is 0 Å². The molecule has 43 heavy (non-hydrogen) atoms. The van der Waals surface area contributed by atoms with Gasteiger partial charge in [-0.3, -0.25) is 4.98 Å². The number of hydrogen-bond acceptors (Lipinski definition) is 5. The van der Waals surface area contributed by atoms with Gasteiger partial charge < -0.3 is 15.5 Å². The Hall–Kier alpha value is -3.58. The van der Waals surface area contributed by atoms with Crippen LogP contribution in [0.1, 0.15) is 77.3 Å². The van der Waals surface area contributed by atoms with E-state index in [1.807, 2.05) is 52.8 Å². The second-order valence-electron chi connectivity index (χ2n) is 9.37. The average molecular weight is 590 g/mol. The minimum absolute atomic E-state index is 0.261. The molecule has 0 aliphatic carbocycles. The van der Waals surface area contributed by atoms with Crippen molar-refractivity contribution in [2.24, 2.45) is 0 Å². The zero-order valence-corrected chi connectivity index (χ0v) is 28.4.